The van der Waals surface area contributed by atoms with E-state index in [4.69, 9.17) is 16.0 Å². The molecule has 1 aromatic heterocycles. The summed E-state index contributed by atoms with van der Waals surface area (Å²) in [4.78, 5) is 43.7. The predicted octanol–water partition coefficient (Wildman–Crippen LogP) is 3.20. The van der Waals surface area contributed by atoms with E-state index in [9.17, 15) is 14.4 Å². The van der Waals surface area contributed by atoms with E-state index in [1.54, 1.807) is 24.0 Å². The van der Waals surface area contributed by atoms with Crippen molar-refractivity contribution in [2.24, 2.45) is 0 Å². The number of carbonyl (C=O) groups is 3. The molecule has 176 valence electrons. The Balaban J connectivity index is 1.21. The molecule has 2 aliphatic rings. The van der Waals surface area contributed by atoms with Crippen molar-refractivity contribution in [3.8, 4) is 0 Å². The third kappa shape index (κ3) is 4.15. The fourth-order valence-corrected chi connectivity index (χ4v) is 4.73. The Morgan fingerprint density at radius 1 is 1.06 bits per heavy atom. The largest absolute Gasteiger partial charge is 0.458 e. The molecule has 1 atom stereocenters. The summed E-state index contributed by atoms with van der Waals surface area (Å²) in [5, 5.41) is 4.25. The zero-order valence-corrected chi connectivity index (χ0v) is 19.5. The van der Waals surface area contributed by atoms with E-state index in [0.717, 1.165) is 22.4 Å². The van der Waals surface area contributed by atoms with Gasteiger partial charge in [-0.05, 0) is 36.8 Å². The first-order valence-corrected chi connectivity index (χ1v) is 11.6. The molecule has 0 saturated carbocycles. The number of para-hydroxylation sites is 1. The van der Waals surface area contributed by atoms with E-state index in [-0.39, 0.29) is 12.5 Å². The van der Waals surface area contributed by atoms with Gasteiger partial charge < -0.3 is 14.6 Å². The van der Waals surface area contributed by atoms with Crippen molar-refractivity contribution in [1.29, 1.82) is 0 Å². The topological polar surface area (TPSA) is 86.1 Å². The molecule has 2 aliphatic heterocycles. The van der Waals surface area contributed by atoms with Gasteiger partial charge in [-0.25, -0.2) is 4.79 Å². The average molecular weight is 481 g/mol. The highest BCUT2D eigenvalue weighted by atomic mass is 35.5. The van der Waals surface area contributed by atoms with Crippen LogP contribution in [0.5, 0.6) is 0 Å². The van der Waals surface area contributed by atoms with Crippen molar-refractivity contribution in [3.63, 3.8) is 0 Å². The number of benzene rings is 2. The van der Waals surface area contributed by atoms with E-state index >= 15 is 0 Å². The van der Waals surface area contributed by atoms with Gasteiger partial charge in [-0.1, -0.05) is 41.9 Å². The van der Waals surface area contributed by atoms with Crippen molar-refractivity contribution >= 4 is 40.4 Å². The Bertz CT molecular complexity index is 1230. The number of amides is 4. The Morgan fingerprint density at radius 3 is 2.56 bits per heavy atom. The molecule has 4 amide bonds. The van der Waals surface area contributed by atoms with Gasteiger partial charge in [0.05, 0.1) is 0 Å². The van der Waals surface area contributed by atoms with Crippen molar-refractivity contribution in [3.05, 3.63) is 70.9 Å². The lowest BCUT2D eigenvalue weighted by Crippen LogP contribution is -2.51. The first kappa shape index (κ1) is 22.4. The second-order valence-corrected chi connectivity index (χ2v) is 9.32. The number of carbonyl (C=O) groups excluding carboxylic acids is 3. The summed E-state index contributed by atoms with van der Waals surface area (Å²) in [5.74, 6) is -0.402. The summed E-state index contributed by atoms with van der Waals surface area (Å²) in [6, 6.07) is 16.3. The maximum Gasteiger partial charge on any atom is 0.325 e. The standard InChI is InChI=1S/C25H25ClN4O4/c1-25(21-14-18-6-2-3-8-20(18)34-21)23(32)30(24(33)27-25)16-22(31)29-11-9-28(10-12-29)15-17-5-4-7-19(26)13-17/h2-8,13-14H,9-12,15-16H2,1H3,(H,27,33). The molecular weight excluding hydrogens is 456 g/mol. The highest BCUT2D eigenvalue weighted by molar-refractivity contribution is 6.30. The zero-order chi connectivity index (χ0) is 23.9. The maximum absolute atomic E-state index is 13.2. The van der Waals surface area contributed by atoms with Crippen LogP contribution in [0.4, 0.5) is 4.79 Å². The van der Waals surface area contributed by atoms with E-state index in [2.05, 4.69) is 10.2 Å². The molecular formula is C25H25ClN4O4. The molecule has 2 saturated heterocycles. The van der Waals surface area contributed by atoms with Crippen molar-refractivity contribution < 1.29 is 18.8 Å². The van der Waals surface area contributed by atoms with Gasteiger partial charge >= 0.3 is 6.03 Å². The lowest BCUT2D eigenvalue weighted by molar-refractivity contribution is -0.140. The van der Waals surface area contributed by atoms with Gasteiger partial charge in [-0.2, -0.15) is 0 Å². The molecule has 9 heteroatoms. The van der Waals surface area contributed by atoms with Gasteiger partial charge in [-0.15, -0.1) is 0 Å². The number of halogens is 1. The molecule has 0 spiro atoms. The average Bonchev–Trinajstić information content (AvgIpc) is 3.35. The van der Waals surface area contributed by atoms with Gasteiger partial charge in [0.15, 0.2) is 5.54 Å². The number of hydrogen-bond acceptors (Lipinski definition) is 5. The number of imide groups is 1. The second kappa shape index (κ2) is 8.77. The van der Waals surface area contributed by atoms with Gasteiger partial charge in [0.25, 0.3) is 5.91 Å². The normalized spacial score (nSPS) is 21.4. The van der Waals surface area contributed by atoms with Crippen LogP contribution in [0.15, 0.2) is 59.0 Å². The van der Waals surface area contributed by atoms with E-state index < -0.39 is 17.5 Å². The van der Waals surface area contributed by atoms with E-state index in [1.165, 1.54) is 0 Å². The molecule has 5 rings (SSSR count). The minimum atomic E-state index is -1.36. The molecule has 2 fully saturated rings. The van der Waals surface area contributed by atoms with Crippen LogP contribution in [0.2, 0.25) is 5.02 Å². The molecule has 0 aliphatic carbocycles. The zero-order valence-electron chi connectivity index (χ0n) is 18.8. The van der Waals surface area contributed by atoms with Crippen LogP contribution in [-0.2, 0) is 21.7 Å². The van der Waals surface area contributed by atoms with E-state index in [0.29, 0.717) is 42.5 Å². The summed E-state index contributed by atoms with van der Waals surface area (Å²) in [7, 11) is 0. The lowest BCUT2D eigenvalue weighted by Gasteiger charge is -2.35. The molecule has 1 unspecified atom stereocenters. The van der Waals surface area contributed by atoms with Crippen LogP contribution in [-0.4, -0.2) is 65.3 Å². The number of fused-ring (bicyclic) bond motifs is 1. The molecule has 3 aromatic rings. The number of furan rings is 1. The van der Waals surface area contributed by atoms with Crippen LogP contribution in [0.25, 0.3) is 11.0 Å². The van der Waals surface area contributed by atoms with Gasteiger partial charge in [0.2, 0.25) is 5.91 Å². The summed E-state index contributed by atoms with van der Waals surface area (Å²) in [6.45, 7) is 4.53. The van der Waals surface area contributed by atoms with Gasteiger partial charge in [0, 0.05) is 43.1 Å². The smallest absolute Gasteiger partial charge is 0.325 e. The monoisotopic (exact) mass is 480 g/mol. The molecule has 2 aromatic carbocycles. The molecule has 1 N–H and O–H groups in total. The van der Waals surface area contributed by atoms with Crippen LogP contribution in [0.3, 0.4) is 0 Å². The fourth-order valence-electron chi connectivity index (χ4n) is 4.52. The highest BCUT2D eigenvalue weighted by Gasteiger charge is 2.52. The minimum absolute atomic E-state index is 0.250. The Morgan fingerprint density at radius 2 is 1.82 bits per heavy atom. The number of nitrogens with zero attached hydrogens (tertiary/aromatic N) is 3. The summed E-state index contributed by atoms with van der Waals surface area (Å²) < 4.78 is 5.84. The minimum Gasteiger partial charge on any atom is -0.458 e. The van der Waals surface area contributed by atoms with Crippen LogP contribution < -0.4 is 5.32 Å². The fraction of sp³-hybridized carbons (Fsp3) is 0.320. The summed E-state index contributed by atoms with van der Waals surface area (Å²) in [6.07, 6.45) is 0. The molecule has 3 heterocycles. The maximum atomic E-state index is 13.2. The molecule has 34 heavy (non-hydrogen) atoms. The van der Waals surface area contributed by atoms with Crippen LogP contribution in [0.1, 0.15) is 18.2 Å². The number of rotatable bonds is 5. The van der Waals surface area contributed by atoms with E-state index in [1.807, 2.05) is 42.5 Å². The predicted molar refractivity (Wildman–Crippen MR) is 127 cm³/mol. The van der Waals surface area contributed by atoms with Crippen molar-refractivity contribution in [2.75, 3.05) is 32.7 Å². The first-order chi connectivity index (χ1) is 16.3. The number of urea groups is 1. The lowest BCUT2D eigenvalue weighted by atomic mass is 9.99. The number of nitrogens with one attached hydrogen (secondary N) is 1. The summed E-state index contributed by atoms with van der Waals surface area (Å²) in [5.41, 5.74) is 0.397. The third-order valence-corrected chi connectivity index (χ3v) is 6.74. The molecule has 0 bridgehead atoms. The number of piperazine rings is 1. The second-order valence-electron chi connectivity index (χ2n) is 8.88. The van der Waals surface area contributed by atoms with Gasteiger partial charge in [-0.3, -0.25) is 19.4 Å². The summed E-state index contributed by atoms with van der Waals surface area (Å²) >= 11 is 6.07. The molecule has 0 radical (unpaired) electrons. The SMILES string of the molecule is CC1(c2cc3ccccc3o2)NC(=O)N(CC(=O)N2CCN(Cc3cccc(Cl)c3)CC2)C1=O. The molecule has 8 nitrogen and oxygen atoms in total. The van der Waals surface area contributed by atoms with Crippen molar-refractivity contribution in [1.82, 2.24) is 20.0 Å². The van der Waals surface area contributed by atoms with Crippen molar-refractivity contribution in [2.45, 2.75) is 19.0 Å². The van der Waals surface area contributed by atoms with Gasteiger partial charge in [0.1, 0.15) is 17.9 Å². The number of hydrogen-bond donors (Lipinski definition) is 1. The Kier molecular flexibility index (Phi) is 5.79. The van der Waals surface area contributed by atoms with Crippen LogP contribution in [0, 0.1) is 0 Å². The Hall–Kier alpha value is -3.36. The first-order valence-electron chi connectivity index (χ1n) is 11.2. The Labute approximate surface area is 202 Å². The third-order valence-electron chi connectivity index (χ3n) is 6.51. The quantitative estimate of drug-likeness (QED) is 0.567. The van der Waals surface area contributed by atoms with Crippen LogP contribution >= 0.6 is 11.6 Å². The highest BCUT2D eigenvalue weighted by Crippen LogP contribution is 2.33.